The standard InChI is InChI=1S/C13H28N4/c1-10(2)9-15-13(16-14)17(4)12-7-5-11(3)6-8-12/h10-12H,5-9,14H2,1-4H3,(H,15,16). The molecule has 0 aromatic rings. The van der Waals surface area contributed by atoms with Gasteiger partial charge in [-0.2, -0.15) is 0 Å². The van der Waals surface area contributed by atoms with Crippen LogP contribution in [0.5, 0.6) is 0 Å². The van der Waals surface area contributed by atoms with Crippen molar-refractivity contribution >= 4 is 5.96 Å². The van der Waals surface area contributed by atoms with E-state index in [0.29, 0.717) is 12.0 Å². The summed E-state index contributed by atoms with van der Waals surface area (Å²) in [7, 11) is 2.10. The number of aliphatic imine (C=N–C) groups is 1. The lowest BCUT2D eigenvalue weighted by Gasteiger charge is -2.35. The second-order valence-electron chi connectivity index (χ2n) is 5.73. The second kappa shape index (κ2) is 6.84. The summed E-state index contributed by atoms with van der Waals surface area (Å²) >= 11 is 0. The van der Waals surface area contributed by atoms with Crippen LogP contribution in [0.25, 0.3) is 0 Å². The van der Waals surface area contributed by atoms with Gasteiger partial charge in [-0.05, 0) is 37.5 Å². The van der Waals surface area contributed by atoms with Gasteiger partial charge in [-0.3, -0.25) is 10.4 Å². The van der Waals surface area contributed by atoms with Gasteiger partial charge >= 0.3 is 0 Å². The molecule has 0 amide bonds. The van der Waals surface area contributed by atoms with Crippen LogP contribution in [0.3, 0.4) is 0 Å². The fraction of sp³-hybridized carbons (Fsp3) is 0.923. The first-order valence-corrected chi connectivity index (χ1v) is 6.78. The van der Waals surface area contributed by atoms with Crippen LogP contribution < -0.4 is 11.3 Å². The first-order valence-electron chi connectivity index (χ1n) is 6.78. The van der Waals surface area contributed by atoms with E-state index in [4.69, 9.17) is 5.84 Å². The summed E-state index contributed by atoms with van der Waals surface area (Å²) < 4.78 is 0. The zero-order valence-corrected chi connectivity index (χ0v) is 11.7. The number of nitrogens with zero attached hydrogens (tertiary/aromatic N) is 2. The lowest BCUT2D eigenvalue weighted by Crippen LogP contribution is -2.48. The fourth-order valence-corrected chi connectivity index (χ4v) is 2.33. The smallest absolute Gasteiger partial charge is 0.208 e. The van der Waals surface area contributed by atoms with Crippen molar-refractivity contribution in [3.63, 3.8) is 0 Å². The van der Waals surface area contributed by atoms with Crippen LogP contribution in [0.4, 0.5) is 0 Å². The van der Waals surface area contributed by atoms with Gasteiger partial charge in [-0.1, -0.05) is 20.8 Å². The van der Waals surface area contributed by atoms with Gasteiger partial charge in [0.05, 0.1) is 0 Å². The molecule has 4 nitrogen and oxygen atoms in total. The van der Waals surface area contributed by atoms with Crippen LogP contribution in [-0.2, 0) is 0 Å². The number of nitrogens with one attached hydrogen (secondary N) is 1. The van der Waals surface area contributed by atoms with Crippen LogP contribution in [-0.4, -0.2) is 30.5 Å². The predicted molar refractivity (Wildman–Crippen MR) is 73.6 cm³/mol. The molecule has 100 valence electrons. The zero-order chi connectivity index (χ0) is 12.8. The van der Waals surface area contributed by atoms with Crippen LogP contribution in [0.2, 0.25) is 0 Å². The quantitative estimate of drug-likeness (QED) is 0.343. The van der Waals surface area contributed by atoms with Crippen molar-refractivity contribution in [3.8, 4) is 0 Å². The third kappa shape index (κ3) is 4.54. The van der Waals surface area contributed by atoms with Gasteiger partial charge in [0.1, 0.15) is 0 Å². The molecule has 0 spiro atoms. The molecular formula is C13H28N4. The van der Waals surface area contributed by atoms with E-state index < -0.39 is 0 Å². The Morgan fingerprint density at radius 3 is 2.41 bits per heavy atom. The highest BCUT2D eigenvalue weighted by molar-refractivity contribution is 5.79. The molecule has 0 unspecified atom stereocenters. The summed E-state index contributed by atoms with van der Waals surface area (Å²) in [6, 6.07) is 0.591. The molecule has 0 aliphatic heterocycles. The van der Waals surface area contributed by atoms with Gasteiger partial charge in [-0.15, -0.1) is 0 Å². The van der Waals surface area contributed by atoms with Gasteiger partial charge in [0, 0.05) is 19.6 Å². The van der Waals surface area contributed by atoms with E-state index in [2.05, 4.69) is 43.1 Å². The molecule has 3 N–H and O–H groups in total. The fourth-order valence-electron chi connectivity index (χ4n) is 2.33. The Labute approximate surface area is 106 Å². The average Bonchev–Trinajstić information content (AvgIpc) is 2.30. The van der Waals surface area contributed by atoms with E-state index in [0.717, 1.165) is 18.4 Å². The summed E-state index contributed by atoms with van der Waals surface area (Å²) in [5.74, 6) is 7.85. The van der Waals surface area contributed by atoms with Gasteiger partial charge in [0.25, 0.3) is 0 Å². The Kier molecular flexibility index (Phi) is 5.75. The average molecular weight is 240 g/mol. The Balaban J connectivity index is 2.53. The van der Waals surface area contributed by atoms with Crippen molar-refractivity contribution < 1.29 is 0 Å². The molecule has 17 heavy (non-hydrogen) atoms. The van der Waals surface area contributed by atoms with Crippen molar-refractivity contribution in [2.75, 3.05) is 13.6 Å². The first kappa shape index (κ1) is 14.3. The molecule has 0 aromatic carbocycles. The summed E-state index contributed by atoms with van der Waals surface area (Å²) in [6.07, 6.45) is 5.13. The number of rotatable bonds is 3. The van der Waals surface area contributed by atoms with Crippen molar-refractivity contribution in [1.82, 2.24) is 10.3 Å². The minimum atomic E-state index is 0.568. The Morgan fingerprint density at radius 2 is 1.94 bits per heavy atom. The maximum atomic E-state index is 5.57. The summed E-state index contributed by atoms with van der Waals surface area (Å²) in [5.41, 5.74) is 2.74. The molecule has 1 saturated carbocycles. The molecule has 0 radical (unpaired) electrons. The van der Waals surface area contributed by atoms with E-state index in [-0.39, 0.29) is 0 Å². The normalized spacial score (nSPS) is 26.1. The SMILES string of the molecule is CC(C)CN=C(NN)N(C)C1CCC(C)CC1. The van der Waals surface area contributed by atoms with E-state index in [1.807, 2.05) is 0 Å². The Hall–Kier alpha value is -0.770. The van der Waals surface area contributed by atoms with Crippen molar-refractivity contribution in [2.24, 2.45) is 22.7 Å². The molecule has 1 aliphatic rings. The first-order chi connectivity index (χ1) is 8.04. The topological polar surface area (TPSA) is 53.6 Å². The van der Waals surface area contributed by atoms with Crippen LogP contribution in [0.1, 0.15) is 46.5 Å². The minimum absolute atomic E-state index is 0.568. The van der Waals surface area contributed by atoms with Crippen molar-refractivity contribution in [1.29, 1.82) is 0 Å². The van der Waals surface area contributed by atoms with E-state index in [1.54, 1.807) is 0 Å². The largest absolute Gasteiger partial charge is 0.342 e. The second-order valence-corrected chi connectivity index (χ2v) is 5.73. The van der Waals surface area contributed by atoms with E-state index >= 15 is 0 Å². The number of hydrogen-bond donors (Lipinski definition) is 2. The van der Waals surface area contributed by atoms with Crippen LogP contribution >= 0.6 is 0 Å². The monoisotopic (exact) mass is 240 g/mol. The molecular weight excluding hydrogens is 212 g/mol. The maximum absolute atomic E-state index is 5.57. The van der Waals surface area contributed by atoms with Crippen LogP contribution in [0, 0.1) is 11.8 Å². The molecule has 4 heteroatoms. The number of guanidine groups is 1. The van der Waals surface area contributed by atoms with Gasteiger partial charge in [0.15, 0.2) is 0 Å². The van der Waals surface area contributed by atoms with Crippen molar-refractivity contribution in [3.05, 3.63) is 0 Å². The molecule has 1 rings (SSSR count). The highest BCUT2D eigenvalue weighted by atomic mass is 15.4. The molecule has 1 aliphatic carbocycles. The summed E-state index contributed by atoms with van der Waals surface area (Å²) in [6.45, 7) is 7.50. The van der Waals surface area contributed by atoms with Crippen molar-refractivity contribution in [2.45, 2.75) is 52.5 Å². The van der Waals surface area contributed by atoms with E-state index in [9.17, 15) is 0 Å². The van der Waals surface area contributed by atoms with Gasteiger partial charge in [-0.25, -0.2) is 5.84 Å². The predicted octanol–water partition coefficient (Wildman–Crippen LogP) is 1.97. The number of hydrazine groups is 1. The lowest BCUT2D eigenvalue weighted by atomic mass is 9.87. The van der Waals surface area contributed by atoms with Crippen LogP contribution in [0.15, 0.2) is 4.99 Å². The molecule has 0 atom stereocenters. The minimum Gasteiger partial charge on any atom is -0.342 e. The Morgan fingerprint density at radius 1 is 1.35 bits per heavy atom. The lowest BCUT2D eigenvalue weighted by molar-refractivity contribution is 0.234. The summed E-state index contributed by atoms with van der Waals surface area (Å²) in [5, 5.41) is 0. The Bertz CT molecular complexity index is 242. The third-order valence-electron chi connectivity index (χ3n) is 3.60. The van der Waals surface area contributed by atoms with Gasteiger partial charge < -0.3 is 4.90 Å². The molecule has 1 fully saturated rings. The highest BCUT2D eigenvalue weighted by Crippen LogP contribution is 2.26. The zero-order valence-electron chi connectivity index (χ0n) is 11.7. The molecule has 0 aromatic heterocycles. The molecule has 0 heterocycles. The number of hydrogen-bond acceptors (Lipinski definition) is 2. The number of nitrogens with two attached hydrogens (primary N) is 1. The van der Waals surface area contributed by atoms with Gasteiger partial charge in [0.2, 0.25) is 5.96 Å². The highest BCUT2D eigenvalue weighted by Gasteiger charge is 2.23. The third-order valence-corrected chi connectivity index (χ3v) is 3.60. The van der Waals surface area contributed by atoms with E-state index in [1.165, 1.54) is 25.7 Å². The maximum Gasteiger partial charge on any atom is 0.208 e. The summed E-state index contributed by atoms with van der Waals surface area (Å²) in [4.78, 5) is 6.76. The molecule has 0 bridgehead atoms. The molecule has 0 saturated heterocycles.